The summed E-state index contributed by atoms with van der Waals surface area (Å²) in [4.78, 5) is 33.8. The average molecular weight is 382 g/mol. The Labute approximate surface area is 138 Å². The van der Waals surface area contributed by atoms with Gasteiger partial charge in [-0.2, -0.15) is 0 Å². The van der Waals surface area contributed by atoms with Gasteiger partial charge >= 0.3 is 5.97 Å². The van der Waals surface area contributed by atoms with Crippen LogP contribution in [0.1, 0.15) is 20.7 Å². The average Bonchev–Trinajstić information content (AvgIpc) is 2.52. The molecule has 0 aromatic heterocycles. The number of hydrogen-bond acceptors (Lipinski definition) is 5. The van der Waals surface area contributed by atoms with Crippen LogP contribution in [0.15, 0.2) is 46.9 Å². The van der Waals surface area contributed by atoms with E-state index in [2.05, 4.69) is 15.9 Å². The number of nitrogens with zero attached hydrogens (tertiary/aromatic N) is 1. The van der Waals surface area contributed by atoms with Gasteiger partial charge in [-0.15, -0.1) is 0 Å². The fourth-order valence-corrected chi connectivity index (χ4v) is 2.15. The molecule has 118 valence electrons. The Morgan fingerprint density at radius 2 is 1.91 bits per heavy atom. The van der Waals surface area contributed by atoms with Crippen molar-refractivity contribution in [2.45, 2.75) is 0 Å². The minimum Gasteiger partial charge on any atom is -0.454 e. The molecule has 0 saturated heterocycles. The number of nitro groups is 1. The molecule has 0 aliphatic rings. The molecule has 8 heteroatoms. The summed E-state index contributed by atoms with van der Waals surface area (Å²) in [6.45, 7) is -0.663. The molecule has 0 aliphatic carbocycles. The third-order valence-corrected chi connectivity index (χ3v) is 3.56. The van der Waals surface area contributed by atoms with Crippen LogP contribution in [0.5, 0.6) is 0 Å². The molecule has 0 bridgehead atoms. The minimum absolute atomic E-state index is 0.0822. The Morgan fingerprint density at radius 3 is 2.57 bits per heavy atom. The topological polar surface area (TPSA) is 86.5 Å². The summed E-state index contributed by atoms with van der Waals surface area (Å²) in [7, 11) is 0. The summed E-state index contributed by atoms with van der Waals surface area (Å²) < 4.78 is 18.4. The highest BCUT2D eigenvalue weighted by Crippen LogP contribution is 2.25. The second-order valence-electron chi connectivity index (χ2n) is 4.40. The molecular weight excluding hydrogens is 373 g/mol. The Morgan fingerprint density at radius 1 is 1.22 bits per heavy atom. The van der Waals surface area contributed by atoms with Crippen molar-refractivity contribution in [2.24, 2.45) is 0 Å². The number of ether oxygens (including phenoxy) is 1. The van der Waals surface area contributed by atoms with Crippen LogP contribution in [0.3, 0.4) is 0 Å². The number of rotatable bonds is 5. The highest BCUT2D eigenvalue weighted by molar-refractivity contribution is 9.10. The molecular formula is C15H9BrFNO5. The number of esters is 1. The fourth-order valence-electron chi connectivity index (χ4n) is 1.76. The van der Waals surface area contributed by atoms with E-state index in [4.69, 9.17) is 4.74 Å². The molecule has 0 radical (unpaired) electrons. The minimum atomic E-state index is -0.912. The van der Waals surface area contributed by atoms with Crippen LogP contribution in [0.2, 0.25) is 0 Å². The van der Waals surface area contributed by atoms with Gasteiger partial charge in [-0.3, -0.25) is 14.9 Å². The number of hydrogen-bond donors (Lipinski definition) is 0. The Bertz CT molecular complexity index is 793. The summed E-state index contributed by atoms with van der Waals surface area (Å²) in [5, 5.41) is 10.8. The zero-order valence-electron chi connectivity index (χ0n) is 11.5. The summed E-state index contributed by atoms with van der Waals surface area (Å²) in [5.74, 6) is -2.33. The van der Waals surface area contributed by atoms with Crippen LogP contribution < -0.4 is 0 Å². The predicted octanol–water partition coefficient (Wildman–Crippen LogP) is 3.54. The van der Waals surface area contributed by atoms with E-state index in [1.54, 1.807) is 0 Å². The maximum atomic E-state index is 13.4. The summed E-state index contributed by atoms with van der Waals surface area (Å²) in [6, 6.07) is 8.97. The molecule has 0 aliphatic heterocycles. The molecule has 2 rings (SSSR count). The second kappa shape index (κ2) is 7.10. The number of Topliss-reactive ketones (excluding diaryl/α,β-unsaturated/α-hetero) is 1. The van der Waals surface area contributed by atoms with E-state index in [0.717, 1.165) is 12.1 Å². The van der Waals surface area contributed by atoms with E-state index < -0.39 is 29.1 Å². The summed E-state index contributed by atoms with van der Waals surface area (Å²) in [5.41, 5.74) is -0.580. The zero-order chi connectivity index (χ0) is 17.0. The lowest BCUT2D eigenvalue weighted by Gasteiger charge is -2.05. The molecule has 0 amide bonds. The van der Waals surface area contributed by atoms with Gasteiger partial charge < -0.3 is 4.74 Å². The van der Waals surface area contributed by atoms with Gasteiger partial charge in [0, 0.05) is 6.07 Å². The molecule has 0 unspecified atom stereocenters. The standard InChI is InChI=1S/C15H9BrFNO5/c16-11-6-5-9(7-13(11)18(21)22)15(20)23-8-14(19)10-3-1-2-4-12(10)17/h1-7H,8H2. The predicted molar refractivity (Wildman–Crippen MR) is 81.8 cm³/mol. The van der Waals surface area contributed by atoms with Gasteiger partial charge in [0.1, 0.15) is 5.82 Å². The van der Waals surface area contributed by atoms with E-state index in [9.17, 15) is 24.1 Å². The maximum Gasteiger partial charge on any atom is 0.338 e. The van der Waals surface area contributed by atoms with Crippen molar-refractivity contribution >= 4 is 33.4 Å². The number of carbonyl (C=O) groups excluding carboxylic acids is 2. The first-order valence-corrected chi connectivity index (χ1v) is 7.08. The number of nitro benzene ring substituents is 1. The third-order valence-electron chi connectivity index (χ3n) is 2.89. The van der Waals surface area contributed by atoms with Gasteiger partial charge in [0.2, 0.25) is 5.78 Å². The van der Waals surface area contributed by atoms with Gasteiger partial charge in [-0.05, 0) is 40.2 Å². The normalized spacial score (nSPS) is 10.2. The molecule has 0 heterocycles. The highest BCUT2D eigenvalue weighted by Gasteiger charge is 2.18. The van der Waals surface area contributed by atoms with Gasteiger partial charge in [0.25, 0.3) is 5.69 Å². The van der Waals surface area contributed by atoms with Crippen molar-refractivity contribution in [1.82, 2.24) is 0 Å². The number of halogens is 2. The summed E-state index contributed by atoms with van der Waals surface area (Å²) in [6.07, 6.45) is 0. The van der Waals surface area contributed by atoms with E-state index in [0.29, 0.717) is 0 Å². The van der Waals surface area contributed by atoms with E-state index in [1.165, 1.54) is 30.3 Å². The summed E-state index contributed by atoms with van der Waals surface area (Å²) >= 11 is 2.99. The largest absolute Gasteiger partial charge is 0.454 e. The molecule has 0 spiro atoms. The Hall–Kier alpha value is -2.61. The van der Waals surface area contributed by atoms with Crippen molar-refractivity contribution in [2.75, 3.05) is 6.61 Å². The SMILES string of the molecule is O=C(OCC(=O)c1ccccc1F)c1ccc(Br)c([N+](=O)[O-])c1. The smallest absolute Gasteiger partial charge is 0.338 e. The van der Waals surface area contributed by atoms with E-state index in [-0.39, 0.29) is 21.3 Å². The molecule has 2 aromatic rings. The lowest BCUT2D eigenvalue weighted by atomic mass is 10.1. The lowest BCUT2D eigenvalue weighted by Crippen LogP contribution is -2.15. The highest BCUT2D eigenvalue weighted by atomic mass is 79.9. The third kappa shape index (κ3) is 3.98. The van der Waals surface area contributed by atoms with Crippen molar-refractivity contribution in [1.29, 1.82) is 0 Å². The quantitative estimate of drug-likeness (QED) is 0.342. The molecule has 0 fully saturated rings. The van der Waals surface area contributed by atoms with Gasteiger partial charge in [0.05, 0.1) is 20.5 Å². The first-order chi connectivity index (χ1) is 10.9. The van der Waals surface area contributed by atoms with Crippen LogP contribution in [0.25, 0.3) is 0 Å². The maximum absolute atomic E-state index is 13.4. The first kappa shape index (κ1) is 16.8. The number of carbonyl (C=O) groups is 2. The van der Waals surface area contributed by atoms with Crippen LogP contribution in [0, 0.1) is 15.9 Å². The Kier molecular flexibility index (Phi) is 5.17. The fraction of sp³-hybridized carbons (Fsp3) is 0.0667. The molecule has 0 atom stereocenters. The molecule has 6 nitrogen and oxygen atoms in total. The number of ketones is 1. The zero-order valence-corrected chi connectivity index (χ0v) is 13.1. The van der Waals surface area contributed by atoms with Crippen LogP contribution in [0.4, 0.5) is 10.1 Å². The van der Waals surface area contributed by atoms with Crippen molar-refractivity contribution in [3.05, 3.63) is 74.0 Å². The van der Waals surface area contributed by atoms with Crippen molar-refractivity contribution in [3.8, 4) is 0 Å². The molecule has 0 N–H and O–H groups in total. The lowest BCUT2D eigenvalue weighted by molar-refractivity contribution is -0.385. The number of benzene rings is 2. The van der Waals surface area contributed by atoms with Gasteiger partial charge in [-0.1, -0.05) is 12.1 Å². The van der Waals surface area contributed by atoms with Crippen LogP contribution in [-0.2, 0) is 4.74 Å². The monoisotopic (exact) mass is 381 g/mol. The second-order valence-corrected chi connectivity index (χ2v) is 5.26. The Balaban J connectivity index is 2.08. The van der Waals surface area contributed by atoms with E-state index in [1.807, 2.05) is 0 Å². The van der Waals surface area contributed by atoms with Crippen LogP contribution >= 0.6 is 15.9 Å². The van der Waals surface area contributed by atoms with Crippen LogP contribution in [-0.4, -0.2) is 23.3 Å². The first-order valence-electron chi connectivity index (χ1n) is 6.29. The molecule has 0 saturated carbocycles. The van der Waals surface area contributed by atoms with E-state index >= 15 is 0 Å². The molecule has 2 aromatic carbocycles. The van der Waals surface area contributed by atoms with Gasteiger partial charge in [-0.25, -0.2) is 9.18 Å². The molecule has 23 heavy (non-hydrogen) atoms. The van der Waals surface area contributed by atoms with Crippen molar-refractivity contribution in [3.63, 3.8) is 0 Å². The van der Waals surface area contributed by atoms with Crippen molar-refractivity contribution < 1.29 is 23.6 Å². The van der Waals surface area contributed by atoms with Gasteiger partial charge in [0.15, 0.2) is 6.61 Å².